The summed E-state index contributed by atoms with van der Waals surface area (Å²) in [5, 5.41) is 2.58. The predicted octanol–water partition coefficient (Wildman–Crippen LogP) is 10.9. The first-order valence-electron chi connectivity index (χ1n) is 18.4. The number of para-hydroxylation sites is 2. The van der Waals surface area contributed by atoms with Crippen molar-refractivity contribution in [3.8, 4) is 33.4 Å². The Kier molecular flexibility index (Phi) is 2.92. The Morgan fingerprint density at radius 1 is 0.410 bits per heavy atom. The van der Waals surface area contributed by atoms with Gasteiger partial charge in [-0.1, -0.05) is 139 Å². The second-order valence-corrected chi connectivity index (χ2v) is 9.15. The second kappa shape index (κ2) is 8.72. The van der Waals surface area contributed by atoms with Crippen LogP contribution in [-0.4, -0.2) is 0 Å². The summed E-state index contributed by atoms with van der Waals surface area (Å²) in [7, 11) is 0. The SMILES string of the molecule is [2H]c1c([2H])c([2H])c(-c2ccccc2-c2c3ccccc3c(-c3c([2H])c([2H])c([2H])c4c3oc3c([2H])c([2H])c([2H])c([2H])c34)c3ccccc23)c([2H])c1[2H]. The van der Waals surface area contributed by atoms with Gasteiger partial charge in [-0.05, 0) is 49.8 Å². The Balaban J connectivity index is 1.57. The maximum absolute atomic E-state index is 9.21. The first kappa shape index (κ1) is 13.1. The van der Waals surface area contributed by atoms with Crippen molar-refractivity contribution in [1.82, 2.24) is 0 Å². The summed E-state index contributed by atoms with van der Waals surface area (Å²) in [6.45, 7) is 0. The summed E-state index contributed by atoms with van der Waals surface area (Å²) in [4.78, 5) is 0. The second-order valence-electron chi connectivity index (χ2n) is 9.15. The topological polar surface area (TPSA) is 13.1 Å². The van der Waals surface area contributed by atoms with Gasteiger partial charge in [0.15, 0.2) is 0 Å². The molecule has 1 heteroatoms. The molecule has 0 unspecified atom stereocenters. The van der Waals surface area contributed by atoms with Gasteiger partial charge in [-0.3, -0.25) is 0 Å². The molecule has 0 saturated carbocycles. The van der Waals surface area contributed by atoms with Crippen LogP contribution in [0.1, 0.15) is 16.4 Å². The van der Waals surface area contributed by atoms with Crippen LogP contribution in [0.5, 0.6) is 0 Å². The van der Waals surface area contributed by atoms with Crippen LogP contribution in [0.15, 0.2) is 150 Å². The van der Waals surface area contributed by atoms with Crippen molar-refractivity contribution in [2.45, 2.75) is 0 Å². The molecule has 0 atom stereocenters. The minimum Gasteiger partial charge on any atom is -0.455 e. The first-order chi connectivity index (χ1) is 24.4. The molecule has 182 valence electrons. The Morgan fingerprint density at radius 3 is 1.64 bits per heavy atom. The van der Waals surface area contributed by atoms with Crippen molar-refractivity contribution < 1.29 is 20.9 Å². The zero-order chi connectivity index (χ0) is 36.2. The highest BCUT2D eigenvalue weighted by Gasteiger charge is 2.21. The number of rotatable bonds is 3. The van der Waals surface area contributed by atoms with E-state index >= 15 is 0 Å². The summed E-state index contributed by atoms with van der Waals surface area (Å²) in [5.74, 6) is 0. The van der Waals surface area contributed by atoms with Crippen molar-refractivity contribution in [2.75, 3.05) is 0 Å². The van der Waals surface area contributed by atoms with Crippen LogP contribution in [-0.2, 0) is 0 Å². The molecule has 0 spiro atoms. The van der Waals surface area contributed by atoms with Crippen molar-refractivity contribution in [2.24, 2.45) is 0 Å². The van der Waals surface area contributed by atoms with E-state index in [2.05, 4.69) is 0 Å². The van der Waals surface area contributed by atoms with Crippen LogP contribution in [0.3, 0.4) is 0 Å². The van der Waals surface area contributed by atoms with E-state index in [4.69, 9.17) is 19.5 Å². The molecular formula is C38H24O. The van der Waals surface area contributed by atoms with Gasteiger partial charge in [0.25, 0.3) is 0 Å². The molecule has 7 aromatic carbocycles. The number of benzene rings is 7. The normalized spacial score (nSPS) is 15.9. The van der Waals surface area contributed by atoms with E-state index in [-0.39, 0.29) is 57.2 Å². The monoisotopic (exact) mass is 508 g/mol. The van der Waals surface area contributed by atoms with Gasteiger partial charge >= 0.3 is 0 Å². The van der Waals surface area contributed by atoms with E-state index in [1.807, 2.05) is 60.7 Å². The fourth-order valence-electron chi connectivity index (χ4n) is 5.50. The molecule has 0 radical (unpaired) electrons. The standard InChI is InChI=1S/C38H24O/c1-2-13-25(14-3-1)26-15-4-5-17-28(26)36-29-18-6-8-20-31(29)37(32-21-9-7-19-30(32)36)34-23-12-22-33-27-16-10-11-24-35(27)39-38(33)34/h1-24H/i1D,2D,3D,10D,11D,12D,13D,14D,16D,22D,23D,24D. The van der Waals surface area contributed by atoms with Gasteiger partial charge in [0.2, 0.25) is 0 Å². The van der Waals surface area contributed by atoms with Crippen LogP contribution in [0.2, 0.25) is 0 Å². The molecule has 8 rings (SSSR count). The third-order valence-electron chi connectivity index (χ3n) is 7.08. The molecule has 39 heavy (non-hydrogen) atoms. The zero-order valence-corrected chi connectivity index (χ0v) is 20.3. The molecule has 1 nitrogen and oxygen atoms in total. The average Bonchev–Trinajstić information content (AvgIpc) is 3.54. The van der Waals surface area contributed by atoms with Gasteiger partial charge in [-0.2, -0.15) is 0 Å². The largest absolute Gasteiger partial charge is 0.455 e. The van der Waals surface area contributed by atoms with Crippen molar-refractivity contribution in [3.63, 3.8) is 0 Å². The molecule has 0 bridgehead atoms. The van der Waals surface area contributed by atoms with E-state index in [9.17, 15) is 1.37 Å². The summed E-state index contributed by atoms with van der Waals surface area (Å²) >= 11 is 0. The Labute approximate surface area is 243 Å². The van der Waals surface area contributed by atoms with E-state index in [1.54, 1.807) is 12.1 Å². The molecular weight excluding hydrogens is 472 g/mol. The van der Waals surface area contributed by atoms with Gasteiger partial charge in [-0.15, -0.1) is 0 Å². The highest BCUT2D eigenvalue weighted by atomic mass is 16.3. The fourth-order valence-corrected chi connectivity index (χ4v) is 5.50. The Hall–Kier alpha value is -5.14. The summed E-state index contributed by atoms with van der Waals surface area (Å²) in [5.41, 5.74) is 2.23. The van der Waals surface area contributed by atoms with Gasteiger partial charge in [-0.25, -0.2) is 0 Å². The molecule has 0 aliphatic rings. The lowest BCUT2D eigenvalue weighted by molar-refractivity contribution is 0.670. The first-order valence-corrected chi connectivity index (χ1v) is 12.4. The molecule has 0 saturated heterocycles. The Bertz CT molecular complexity index is 2750. The summed E-state index contributed by atoms with van der Waals surface area (Å²) < 4.78 is 109. The molecule has 0 fully saturated rings. The van der Waals surface area contributed by atoms with Gasteiger partial charge < -0.3 is 4.42 Å². The van der Waals surface area contributed by atoms with Crippen LogP contribution in [0.25, 0.3) is 76.9 Å². The lowest BCUT2D eigenvalue weighted by atomic mass is 9.83. The minimum absolute atomic E-state index is 0.00872. The summed E-state index contributed by atoms with van der Waals surface area (Å²) in [6.07, 6.45) is 0. The van der Waals surface area contributed by atoms with E-state index in [0.717, 1.165) is 0 Å². The third kappa shape index (κ3) is 3.34. The maximum Gasteiger partial charge on any atom is 0.143 e. The molecule has 0 aliphatic heterocycles. The average molecular weight is 509 g/mol. The molecule has 1 aromatic heterocycles. The lowest BCUT2D eigenvalue weighted by Crippen LogP contribution is -1.92. The number of fused-ring (bicyclic) bond motifs is 5. The lowest BCUT2D eigenvalue weighted by Gasteiger charge is -2.19. The fraction of sp³-hybridized carbons (Fsp3) is 0. The third-order valence-corrected chi connectivity index (χ3v) is 7.08. The number of hydrogen-bond donors (Lipinski definition) is 0. The smallest absolute Gasteiger partial charge is 0.143 e. The van der Waals surface area contributed by atoms with Gasteiger partial charge in [0.05, 0.1) is 16.4 Å². The van der Waals surface area contributed by atoms with Gasteiger partial charge in [0, 0.05) is 21.9 Å². The highest BCUT2D eigenvalue weighted by Crippen LogP contribution is 2.47. The van der Waals surface area contributed by atoms with E-state index < -0.39 is 48.3 Å². The quantitative estimate of drug-likeness (QED) is 0.216. The molecule has 0 N–H and O–H groups in total. The minimum atomic E-state index is -0.505. The molecule has 8 aromatic rings. The molecule has 1 heterocycles. The summed E-state index contributed by atoms with van der Waals surface area (Å²) in [6, 6.07) is 16.8. The van der Waals surface area contributed by atoms with Crippen LogP contribution in [0, 0.1) is 0 Å². The zero-order valence-electron chi connectivity index (χ0n) is 32.3. The van der Waals surface area contributed by atoms with Gasteiger partial charge in [0.1, 0.15) is 11.2 Å². The molecule has 0 aliphatic carbocycles. The van der Waals surface area contributed by atoms with Crippen molar-refractivity contribution >= 4 is 43.5 Å². The number of hydrogen-bond acceptors (Lipinski definition) is 1. The number of furan rings is 1. The van der Waals surface area contributed by atoms with E-state index in [0.29, 0.717) is 43.8 Å². The van der Waals surface area contributed by atoms with Crippen LogP contribution >= 0.6 is 0 Å². The van der Waals surface area contributed by atoms with Crippen molar-refractivity contribution in [1.29, 1.82) is 0 Å². The highest BCUT2D eigenvalue weighted by molar-refractivity contribution is 6.24. The molecule has 0 amide bonds. The van der Waals surface area contributed by atoms with E-state index in [1.165, 1.54) is 0 Å². The van der Waals surface area contributed by atoms with Crippen LogP contribution in [0.4, 0.5) is 0 Å². The maximum atomic E-state index is 9.21. The Morgan fingerprint density at radius 2 is 0.949 bits per heavy atom. The predicted molar refractivity (Wildman–Crippen MR) is 165 cm³/mol. The van der Waals surface area contributed by atoms with Crippen LogP contribution < -0.4 is 0 Å². The van der Waals surface area contributed by atoms with Crippen molar-refractivity contribution in [3.05, 3.63) is 145 Å².